The number of carbonyl (C=O) groups is 1. The highest BCUT2D eigenvalue weighted by molar-refractivity contribution is 5.83. The first kappa shape index (κ1) is 8.04. The molecule has 0 N–H and O–H groups in total. The predicted molar refractivity (Wildman–Crippen MR) is 41.3 cm³/mol. The summed E-state index contributed by atoms with van der Waals surface area (Å²) in [6.45, 7) is 3.06. The standard InChI is InChI=1S/C7H12N2O2/c1-6-3-4-9(8-6)5-7(10)11-2/h3-5H2,1-2H3. The molecule has 0 amide bonds. The van der Waals surface area contributed by atoms with E-state index < -0.39 is 0 Å². The van der Waals surface area contributed by atoms with Crippen LogP contribution in [0.5, 0.6) is 0 Å². The molecule has 0 fully saturated rings. The van der Waals surface area contributed by atoms with Crippen LogP contribution in [0.2, 0.25) is 0 Å². The van der Waals surface area contributed by atoms with Crippen molar-refractivity contribution in [2.75, 3.05) is 20.2 Å². The quantitative estimate of drug-likeness (QED) is 0.538. The summed E-state index contributed by atoms with van der Waals surface area (Å²) >= 11 is 0. The van der Waals surface area contributed by atoms with Crippen LogP contribution < -0.4 is 0 Å². The minimum atomic E-state index is -0.233. The smallest absolute Gasteiger partial charge is 0.327 e. The molecule has 0 atom stereocenters. The van der Waals surface area contributed by atoms with Crippen LogP contribution in [0.4, 0.5) is 0 Å². The zero-order valence-corrected chi connectivity index (χ0v) is 6.83. The van der Waals surface area contributed by atoms with Crippen LogP contribution in [0.15, 0.2) is 5.10 Å². The number of hydrazone groups is 1. The van der Waals surface area contributed by atoms with Gasteiger partial charge in [0.1, 0.15) is 6.54 Å². The third kappa shape index (κ3) is 2.22. The molecule has 0 aromatic heterocycles. The molecule has 1 aliphatic rings. The third-order valence-corrected chi connectivity index (χ3v) is 1.58. The van der Waals surface area contributed by atoms with Crippen LogP contribution in [0.25, 0.3) is 0 Å². The summed E-state index contributed by atoms with van der Waals surface area (Å²) in [5.41, 5.74) is 1.08. The van der Waals surface area contributed by atoms with Gasteiger partial charge in [-0.05, 0) is 6.92 Å². The maximum atomic E-state index is 10.7. The zero-order chi connectivity index (χ0) is 8.27. The molecule has 0 aromatic carbocycles. The Labute approximate surface area is 65.8 Å². The number of hydrogen-bond acceptors (Lipinski definition) is 4. The largest absolute Gasteiger partial charge is 0.468 e. The Morgan fingerprint density at radius 2 is 2.55 bits per heavy atom. The predicted octanol–water partition coefficient (Wildman–Crippen LogP) is 0.241. The average molecular weight is 156 g/mol. The van der Waals surface area contributed by atoms with Gasteiger partial charge >= 0.3 is 5.97 Å². The number of rotatable bonds is 2. The van der Waals surface area contributed by atoms with Gasteiger partial charge in [0.15, 0.2) is 0 Å². The Hall–Kier alpha value is -1.06. The first-order valence-corrected chi connectivity index (χ1v) is 3.58. The summed E-state index contributed by atoms with van der Waals surface area (Å²) in [6, 6.07) is 0. The minimum absolute atomic E-state index is 0.233. The van der Waals surface area contributed by atoms with Gasteiger partial charge in [0.05, 0.1) is 7.11 Å². The lowest BCUT2D eigenvalue weighted by atomic mass is 10.3. The summed E-state index contributed by atoms with van der Waals surface area (Å²) < 4.78 is 4.50. The van der Waals surface area contributed by atoms with Crippen LogP contribution in [-0.4, -0.2) is 36.9 Å². The van der Waals surface area contributed by atoms with Gasteiger partial charge in [0.2, 0.25) is 0 Å². The van der Waals surface area contributed by atoms with Gasteiger partial charge in [-0.1, -0.05) is 0 Å². The van der Waals surface area contributed by atoms with Gasteiger partial charge < -0.3 is 4.74 Å². The molecule has 62 valence electrons. The molecule has 0 bridgehead atoms. The topological polar surface area (TPSA) is 41.9 Å². The lowest BCUT2D eigenvalue weighted by Crippen LogP contribution is -2.23. The molecular weight excluding hydrogens is 144 g/mol. The van der Waals surface area contributed by atoms with Gasteiger partial charge in [0.25, 0.3) is 0 Å². The Bertz CT molecular complexity index is 189. The second kappa shape index (κ2) is 3.37. The van der Waals surface area contributed by atoms with Crippen LogP contribution in [-0.2, 0) is 9.53 Å². The Morgan fingerprint density at radius 1 is 1.82 bits per heavy atom. The molecule has 1 aliphatic heterocycles. The second-order valence-corrected chi connectivity index (χ2v) is 2.55. The van der Waals surface area contributed by atoms with E-state index in [2.05, 4.69) is 9.84 Å². The molecule has 0 unspecified atom stereocenters. The van der Waals surface area contributed by atoms with Gasteiger partial charge in [-0.25, -0.2) is 0 Å². The Kier molecular flexibility index (Phi) is 2.46. The molecule has 1 rings (SSSR count). The molecule has 4 heteroatoms. The second-order valence-electron chi connectivity index (χ2n) is 2.55. The third-order valence-electron chi connectivity index (χ3n) is 1.58. The van der Waals surface area contributed by atoms with Crippen molar-refractivity contribution < 1.29 is 9.53 Å². The summed E-state index contributed by atoms with van der Waals surface area (Å²) in [7, 11) is 1.38. The van der Waals surface area contributed by atoms with Crippen molar-refractivity contribution in [1.82, 2.24) is 5.01 Å². The molecule has 0 radical (unpaired) electrons. The molecule has 1 heterocycles. The van der Waals surface area contributed by atoms with Gasteiger partial charge in [0, 0.05) is 18.7 Å². The van der Waals surface area contributed by atoms with E-state index in [0.717, 1.165) is 18.7 Å². The lowest BCUT2D eigenvalue weighted by molar-refractivity contribution is -0.141. The fraction of sp³-hybridized carbons (Fsp3) is 0.714. The Balaban J connectivity index is 2.34. The van der Waals surface area contributed by atoms with Crippen LogP contribution in [0, 0.1) is 0 Å². The molecule has 0 aromatic rings. The molecular formula is C7H12N2O2. The molecule has 0 saturated carbocycles. The van der Waals surface area contributed by atoms with Crippen molar-refractivity contribution in [2.24, 2.45) is 5.10 Å². The number of ether oxygens (including phenoxy) is 1. The highest BCUT2D eigenvalue weighted by Crippen LogP contribution is 2.04. The fourth-order valence-electron chi connectivity index (χ4n) is 0.960. The lowest BCUT2D eigenvalue weighted by Gasteiger charge is -2.10. The number of hydrogen-bond donors (Lipinski definition) is 0. The highest BCUT2D eigenvalue weighted by atomic mass is 16.5. The molecule has 4 nitrogen and oxygen atoms in total. The molecule has 0 spiro atoms. The van der Waals surface area contributed by atoms with Crippen molar-refractivity contribution in [1.29, 1.82) is 0 Å². The maximum Gasteiger partial charge on any atom is 0.327 e. The number of methoxy groups -OCH3 is 1. The van der Waals surface area contributed by atoms with Crippen molar-refractivity contribution in [3.05, 3.63) is 0 Å². The van der Waals surface area contributed by atoms with Gasteiger partial charge in [-0.2, -0.15) is 5.10 Å². The van der Waals surface area contributed by atoms with Crippen molar-refractivity contribution in [2.45, 2.75) is 13.3 Å². The summed E-state index contributed by atoms with van der Waals surface area (Å²) in [4.78, 5) is 10.7. The van der Waals surface area contributed by atoms with Crippen molar-refractivity contribution in [3.63, 3.8) is 0 Å². The molecule has 0 saturated heterocycles. The summed E-state index contributed by atoms with van der Waals surface area (Å²) in [6.07, 6.45) is 0.955. The van der Waals surface area contributed by atoms with E-state index in [1.54, 1.807) is 5.01 Å². The van der Waals surface area contributed by atoms with E-state index in [1.807, 2.05) is 6.92 Å². The maximum absolute atomic E-state index is 10.7. The van der Waals surface area contributed by atoms with E-state index in [-0.39, 0.29) is 12.5 Å². The van der Waals surface area contributed by atoms with E-state index in [9.17, 15) is 4.79 Å². The fourth-order valence-corrected chi connectivity index (χ4v) is 0.960. The van der Waals surface area contributed by atoms with Gasteiger partial charge in [-0.3, -0.25) is 9.80 Å². The molecule has 0 aliphatic carbocycles. The monoisotopic (exact) mass is 156 g/mol. The summed E-state index contributed by atoms with van der Waals surface area (Å²) in [5.74, 6) is -0.233. The first-order chi connectivity index (χ1) is 5.22. The highest BCUT2D eigenvalue weighted by Gasteiger charge is 2.13. The molecule has 11 heavy (non-hydrogen) atoms. The van der Waals surface area contributed by atoms with E-state index >= 15 is 0 Å². The Morgan fingerprint density at radius 3 is 3.00 bits per heavy atom. The van der Waals surface area contributed by atoms with Crippen molar-refractivity contribution >= 4 is 11.7 Å². The number of carbonyl (C=O) groups excluding carboxylic acids is 1. The van der Waals surface area contributed by atoms with Crippen LogP contribution >= 0.6 is 0 Å². The van der Waals surface area contributed by atoms with E-state index in [1.165, 1.54) is 7.11 Å². The first-order valence-electron chi connectivity index (χ1n) is 3.58. The van der Waals surface area contributed by atoms with E-state index in [4.69, 9.17) is 0 Å². The zero-order valence-electron chi connectivity index (χ0n) is 6.83. The normalized spacial score (nSPS) is 16.5. The number of nitrogens with zero attached hydrogens (tertiary/aromatic N) is 2. The van der Waals surface area contributed by atoms with Crippen LogP contribution in [0.1, 0.15) is 13.3 Å². The summed E-state index contributed by atoms with van der Waals surface area (Å²) in [5, 5.41) is 5.85. The van der Waals surface area contributed by atoms with Crippen molar-refractivity contribution in [3.8, 4) is 0 Å². The SMILES string of the molecule is COC(=O)CN1CCC(C)=N1. The number of esters is 1. The van der Waals surface area contributed by atoms with Gasteiger partial charge in [-0.15, -0.1) is 0 Å². The van der Waals surface area contributed by atoms with Crippen LogP contribution in [0.3, 0.4) is 0 Å². The average Bonchev–Trinajstić information content (AvgIpc) is 2.35. The minimum Gasteiger partial charge on any atom is -0.468 e. The van der Waals surface area contributed by atoms with E-state index in [0.29, 0.717) is 0 Å².